The summed E-state index contributed by atoms with van der Waals surface area (Å²) in [6.45, 7) is 1.19. The van der Waals surface area contributed by atoms with Crippen LogP contribution in [-0.4, -0.2) is 30.4 Å². The lowest BCUT2D eigenvalue weighted by Gasteiger charge is -2.14. The molecule has 0 aromatic heterocycles. The predicted octanol–water partition coefficient (Wildman–Crippen LogP) is 3.07. The molecule has 0 saturated carbocycles. The van der Waals surface area contributed by atoms with Crippen LogP contribution in [0.3, 0.4) is 0 Å². The van der Waals surface area contributed by atoms with Crippen LogP contribution in [0, 0.1) is 0 Å². The Morgan fingerprint density at radius 2 is 1.59 bits per heavy atom. The number of anilines is 1. The van der Waals surface area contributed by atoms with Gasteiger partial charge in [-0.1, -0.05) is 60.7 Å². The third-order valence-electron chi connectivity index (χ3n) is 4.33. The number of amides is 2. The summed E-state index contributed by atoms with van der Waals surface area (Å²) in [6.07, 6.45) is -0.813. The van der Waals surface area contributed by atoms with Crippen LogP contribution in [0.2, 0.25) is 0 Å². The van der Waals surface area contributed by atoms with E-state index in [2.05, 4.69) is 10.6 Å². The molecule has 29 heavy (non-hydrogen) atoms. The minimum Gasteiger partial charge on any atom is -0.451 e. The Balaban J connectivity index is 1.45. The molecule has 3 aromatic carbocycles. The van der Waals surface area contributed by atoms with E-state index in [1.807, 2.05) is 66.7 Å². The number of hydrogen-bond donors (Lipinski definition) is 2. The van der Waals surface area contributed by atoms with Gasteiger partial charge in [0.1, 0.15) is 6.54 Å². The molecule has 0 bridgehead atoms. The van der Waals surface area contributed by atoms with Crippen LogP contribution >= 0.6 is 0 Å². The zero-order valence-electron chi connectivity index (χ0n) is 16.1. The van der Waals surface area contributed by atoms with E-state index in [9.17, 15) is 14.4 Å². The van der Waals surface area contributed by atoms with Crippen LogP contribution in [0.5, 0.6) is 0 Å². The SMILES string of the molecule is C[C@H](OC(=O)CNC(=O)Cc1ccccc1)C(=O)Nc1ccc2ccccc2c1. The number of carbonyl (C=O) groups is 3. The Bertz CT molecular complexity index is 1020. The van der Waals surface area contributed by atoms with Crippen molar-refractivity contribution in [2.45, 2.75) is 19.4 Å². The van der Waals surface area contributed by atoms with Gasteiger partial charge < -0.3 is 15.4 Å². The molecule has 0 aliphatic heterocycles. The van der Waals surface area contributed by atoms with Gasteiger partial charge in [0, 0.05) is 5.69 Å². The highest BCUT2D eigenvalue weighted by Crippen LogP contribution is 2.19. The van der Waals surface area contributed by atoms with E-state index in [0.29, 0.717) is 5.69 Å². The van der Waals surface area contributed by atoms with Crippen LogP contribution < -0.4 is 10.6 Å². The number of benzene rings is 3. The first-order chi connectivity index (χ1) is 14.0. The highest BCUT2D eigenvalue weighted by molar-refractivity contribution is 5.97. The Morgan fingerprint density at radius 3 is 2.34 bits per heavy atom. The topological polar surface area (TPSA) is 84.5 Å². The zero-order chi connectivity index (χ0) is 20.6. The molecule has 0 spiro atoms. The van der Waals surface area contributed by atoms with Crippen molar-refractivity contribution in [3.05, 3.63) is 78.4 Å². The molecule has 0 aliphatic rings. The van der Waals surface area contributed by atoms with Gasteiger partial charge in [0.15, 0.2) is 6.10 Å². The molecule has 2 N–H and O–H groups in total. The summed E-state index contributed by atoms with van der Waals surface area (Å²) in [4.78, 5) is 36.1. The number of hydrogen-bond acceptors (Lipinski definition) is 4. The molecule has 6 heteroatoms. The second-order valence-electron chi connectivity index (χ2n) is 6.62. The monoisotopic (exact) mass is 390 g/mol. The van der Waals surface area contributed by atoms with Gasteiger partial charge in [-0.2, -0.15) is 0 Å². The van der Waals surface area contributed by atoms with Gasteiger partial charge in [-0.25, -0.2) is 0 Å². The van der Waals surface area contributed by atoms with Crippen LogP contribution in [-0.2, 0) is 25.5 Å². The normalized spacial score (nSPS) is 11.5. The van der Waals surface area contributed by atoms with Gasteiger partial charge in [-0.15, -0.1) is 0 Å². The van der Waals surface area contributed by atoms with E-state index in [-0.39, 0.29) is 18.9 Å². The van der Waals surface area contributed by atoms with Crippen molar-refractivity contribution in [2.24, 2.45) is 0 Å². The van der Waals surface area contributed by atoms with Crippen molar-refractivity contribution >= 4 is 34.2 Å². The maximum atomic E-state index is 12.3. The maximum absolute atomic E-state index is 12.3. The Morgan fingerprint density at radius 1 is 0.897 bits per heavy atom. The molecule has 3 aromatic rings. The van der Waals surface area contributed by atoms with E-state index >= 15 is 0 Å². The van der Waals surface area contributed by atoms with Gasteiger partial charge >= 0.3 is 5.97 Å². The molecule has 0 aliphatic carbocycles. The minimum atomic E-state index is -0.986. The molecular weight excluding hydrogens is 368 g/mol. The molecular formula is C23H22N2O4. The summed E-state index contributed by atoms with van der Waals surface area (Å²) in [6, 6.07) is 22.6. The first kappa shape index (κ1) is 20.1. The smallest absolute Gasteiger partial charge is 0.326 e. The van der Waals surface area contributed by atoms with Gasteiger partial charge in [-0.05, 0) is 35.4 Å². The molecule has 2 amide bonds. The van der Waals surface area contributed by atoms with Crippen molar-refractivity contribution < 1.29 is 19.1 Å². The molecule has 1 atom stereocenters. The van der Waals surface area contributed by atoms with Gasteiger partial charge in [0.05, 0.1) is 6.42 Å². The molecule has 148 valence electrons. The zero-order valence-corrected chi connectivity index (χ0v) is 16.1. The van der Waals surface area contributed by atoms with Gasteiger partial charge in [0.2, 0.25) is 5.91 Å². The lowest BCUT2D eigenvalue weighted by Crippen LogP contribution is -2.36. The lowest BCUT2D eigenvalue weighted by atomic mass is 10.1. The summed E-state index contributed by atoms with van der Waals surface area (Å²) >= 11 is 0. The van der Waals surface area contributed by atoms with Crippen LogP contribution in [0.15, 0.2) is 72.8 Å². The van der Waals surface area contributed by atoms with Crippen LogP contribution in [0.1, 0.15) is 12.5 Å². The van der Waals surface area contributed by atoms with E-state index in [1.54, 1.807) is 6.07 Å². The standard InChI is InChI=1S/C23H22N2O4/c1-16(23(28)25-20-12-11-18-9-5-6-10-19(18)14-20)29-22(27)15-24-21(26)13-17-7-3-2-4-8-17/h2-12,14,16H,13,15H2,1H3,(H,24,26)(H,25,28)/t16-/m0/s1. The van der Waals surface area contributed by atoms with E-state index in [1.165, 1.54) is 6.92 Å². The number of carbonyl (C=O) groups excluding carboxylic acids is 3. The average molecular weight is 390 g/mol. The summed E-state index contributed by atoms with van der Waals surface area (Å²) in [5.41, 5.74) is 1.47. The number of ether oxygens (including phenoxy) is 1. The van der Waals surface area contributed by atoms with Gasteiger partial charge in [0.25, 0.3) is 5.91 Å². The second kappa shape index (κ2) is 9.50. The highest BCUT2D eigenvalue weighted by atomic mass is 16.5. The fourth-order valence-electron chi connectivity index (χ4n) is 2.82. The predicted molar refractivity (Wildman–Crippen MR) is 111 cm³/mol. The molecule has 0 unspecified atom stereocenters. The molecule has 0 radical (unpaired) electrons. The molecule has 3 rings (SSSR count). The Hall–Kier alpha value is -3.67. The third kappa shape index (κ3) is 5.90. The summed E-state index contributed by atoms with van der Waals surface area (Å²) in [5, 5.41) is 7.30. The Labute approximate surface area is 168 Å². The lowest BCUT2D eigenvalue weighted by molar-refractivity contribution is -0.152. The van der Waals surface area contributed by atoms with E-state index < -0.39 is 18.0 Å². The van der Waals surface area contributed by atoms with E-state index in [0.717, 1.165) is 16.3 Å². The second-order valence-corrected chi connectivity index (χ2v) is 6.62. The fourth-order valence-corrected chi connectivity index (χ4v) is 2.82. The molecule has 0 heterocycles. The quantitative estimate of drug-likeness (QED) is 0.607. The van der Waals surface area contributed by atoms with Crippen molar-refractivity contribution in [3.8, 4) is 0 Å². The number of esters is 1. The fraction of sp³-hybridized carbons (Fsp3) is 0.174. The van der Waals surface area contributed by atoms with Crippen LogP contribution in [0.4, 0.5) is 5.69 Å². The number of nitrogens with one attached hydrogen (secondary N) is 2. The summed E-state index contributed by atoms with van der Waals surface area (Å²) in [5.74, 6) is -1.40. The summed E-state index contributed by atoms with van der Waals surface area (Å²) < 4.78 is 5.11. The molecule has 0 saturated heterocycles. The van der Waals surface area contributed by atoms with Crippen LogP contribution in [0.25, 0.3) is 10.8 Å². The van der Waals surface area contributed by atoms with E-state index in [4.69, 9.17) is 4.74 Å². The number of fused-ring (bicyclic) bond motifs is 1. The number of rotatable bonds is 7. The average Bonchev–Trinajstić information content (AvgIpc) is 2.73. The van der Waals surface area contributed by atoms with Crippen molar-refractivity contribution in [2.75, 3.05) is 11.9 Å². The minimum absolute atomic E-state index is 0.173. The van der Waals surface area contributed by atoms with Gasteiger partial charge in [-0.3, -0.25) is 14.4 Å². The van der Waals surface area contributed by atoms with Crippen molar-refractivity contribution in [1.82, 2.24) is 5.32 Å². The maximum Gasteiger partial charge on any atom is 0.326 e. The van der Waals surface area contributed by atoms with Crippen molar-refractivity contribution in [1.29, 1.82) is 0 Å². The highest BCUT2D eigenvalue weighted by Gasteiger charge is 2.18. The third-order valence-corrected chi connectivity index (χ3v) is 4.33. The first-order valence-corrected chi connectivity index (χ1v) is 9.31. The Kier molecular flexibility index (Phi) is 6.58. The van der Waals surface area contributed by atoms with Crippen molar-refractivity contribution in [3.63, 3.8) is 0 Å². The first-order valence-electron chi connectivity index (χ1n) is 9.31. The molecule has 0 fully saturated rings. The summed E-state index contributed by atoms with van der Waals surface area (Å²) in [7, 11) is 0. The largest absolute Gasteiger partial charge is 0.451 e. The molecule has 6 nitrogen and oxygen atoms in total.